The molecule has 0 saturated carbocycles. The molecule has 2 aromatic heterocycles. The molecule has 27 heavy (non-hydrogen) atoms. The molecule has 1 aromatic carbocycles. The first-order valence-corrected chi connectivity index (χ1v) is 9.76. The highest BCUT2D eigenvalue weighted by Crippen LogP contribution is 2.40. The first-order chi connectivity index (χ1) is 13.0. The quantitative estimate of drug-likeness (QED) is 0.739. The van der Waals surface area contributed by atoms with Crippen molar-refractivity contribution < 1.29 is 13.9 Å². The molecule has 1 aliphatic rings. The van der Waals surface area contributed by atoms with Gasteiger partial charge in [0.25, 0.3) is 0 Å². The van der Waals surface area contributed by atoms with Gasteiger partial charge in [-0.1, -0.05) is 24.3 Å². The van der Waals surface area contributed by atoms with Crippen molar-refractivity contribution in [3.63, 3.8) is 0 Å². The average molecular weight is 393 g/mol. The minimum Gasteiger partial charge on any atom is -0.492 e. The number of likely N-dealkylation sites (N-methyl/N-ethyl adjacent to an activating group) is 1. The molecule has 1 fully saturated rings. The van der Waals surface area contributed by atoms with Crippen LogP contribution >= 0.6 is 11.3 Å². The first kappa shape index (κ1) is 18.3. The van der Waals surface area contributed by atoms with Crippen LogP contribution in [0.3, 0.4) is 0 Å². The standard InChI is InChI=1S/C18H21F2N5OS/c1-3-23-6-8-24(9-7-23)15(12-4-5-13(19)14(20)10-12)16-17(26)25-18(27-16)21-11(2)22-25/h4-5,10,15,26H,3,6-9H2,1-2H3. The smallest absolute Gasteiger partial charge is 0.230 e. The lowest BCUT2D eigenvalue weighted by Crippen LogP contribution is -2.47. The fourth-order valence-corrected chi connectivity index (χ4v) is 4.74. The molecule has 1 atom stereocenters. The fraction of sp³-hybridized carbons (Fsp3) is 0.444. The first-order valence-electron chi connectivity index (χ1n) is 8.94. The number of fused-ring (bicyclic) bond motifs is 1. The van der Waals surface area contributed by atoms with Gasteiger partial charge >= 0.3 is 0 Å². The third-order valence-corrected chi connectivity index (χ3v) is 6.11. The molecule has 0 radical (unpaired) electrons. The molecule has 0 spiro atoms. The van der Waals surface area contributed by atoms with Gasteiger partial charge in [-0.2, -0.15) is 4.52 Å². The Bertz CT molecular complexity index is 964. The van der Waals surface area contributed by atoms with E-state index in [1.807, 2.05) is 0 Å². The summed E-state index contributed by atoms with van der Waals surface area (Å²) in [6.07, 6.45) is 0. The molecule has 1 unspecified atom stereocenters. The molecule has 1 N–H and O–H groups in total. The van der Waals surface area contributed by atoms with Crippen molar-refractivity contribution in [3.8, 4) is 5.88 Å². The highest BCUT2D eigenvalue weighted by atomic mass is 32.1. The summed E-state index contributed by atoms with van der Waals surface area (Å²) < 4.78 is 28.8. The zero-order valence-corrected chi connectivity index (χ0v) is 16.0. The minimum absolute atomic E-state index is 0.00301. The molecular weight excluding hydrogens is 372 g/mol. The number of halogens is 2. The number of hydrogen-bond donors (Lipinski definition) is 1. The Kier molecular flexibility index (Phi) is 4.83. The Hall–Kier alpha value is -2.10. The van der Waals surface area contributed by atoms with E-state index in [-0.39, 0.29) is 11.9 Å². The SMILES string of the molecule is CCN1CCN(C(c2ccc(F)c(F)c2)c2sc3nc(C)nn3c2O)CC1. The predicted octanol–water partition coefficient (Wildman–Crippen LogP) is 2.81. The van der Waals surface area contributed by atoms with Crippen molar-refractivity contribution in [2.75, 3.05) is 32.7 Å². The van der Waals surface area contributed by atoms with Gasteiger partial charge in [-0.25, -0.2) is 13.8 Å². The van der Waals surface area contributed by atoms with Crippen molar-refractivity contribution >= 4 is 16.3 Å². The summed E-state index contributed by atoms with van der Waals surface area (Å²) in [7, 11) is 0. The van der Waals surface area contributed by atoms with Crippen LogP contribution in [0.1, 0.15) is 29.2 Å². The van der Waals surface area contributed by atoms with Crippen LogP contribution < -0.4 is 0 Å². The van der Waals surface area contributed by atoms with E-state index in [9.17, 15) is 13.9 Å². The molecule has 0 bridgehead atoms. The topological polar surface area (TPSA) is 56.9 Å². The second-order valence-electron chi connectivity index (χ2n) is 6.69. The van der Waals surface area contributed by atoms with Crippen LogP contribution in [-0.2, 0) is 0 Å². The van der Waals surface area contributed by atoms with Gasteiger partial charge in [-0.3, -0.25) is 4.90 Å². The molecule has 1 saturated heterocycles. The van der Waals surface area contributed by atoms with Crippen molar-refractivity contribution in [2.24, 2.45) is 0 Å². The molecule has 3 aromatic rings. The van der Waals surface area contributed by atoms with Gasteiger partial charge in [-0.05, 0) is 31.2 Å². The molecule has 1 aliphatic heterocycles. The van der Waals surface area contributed by atoms with Crippen molar-refractivity contribution in [2.45, 2.75) is 19.9 Å². The lowest BCUT2D eigenvalue weighted by atomic mass is 10.0. The maximum atomic E-state index is 13.9. The van der Waals surface area contributed by atoms with Crippen LogP contribution in [-0.4, -0.2) is 62.2 Å². The summed E-state index contributed by atoms with van der Waals surface area (Å²) >= 11 is 1.33. The molecule has 6 nitrogen and oxygen atoms in total. The predicted molar refractivity (Wildman–Crippen MR) is 99.2 cm³/mol. The molecule has 9 heteroatoms. The number of thiazole rings is 1. The Morgan fingerprint density at radius 1 is 1.19 bits per heavy atom. The van der Waals surface area contributed by atoms with Crippen LogP contribution in [0.5, 0.6) is 5.88 Å². The normalized spacial score (nSPS) is 17.6. The summed E-state index contributed by atoms with van der Waals surface area (Å²) in [5.74, 6) is -1.19. The number of nitrogens with zero attached hydrogens (tertiary/aromatic N) is 5. The monoisotopic (exact) mass is 393 g/mol. The molecule has 3 heterocycles. The highest BCUT2D eigenvalue weighted by Gasteiger charge is 2.31. The summed E-state index contributed by atoms with van der Waals surface area (Å²) in [6.45, 7) is 8.17. The summed E-state index contributed by atoms with van der Waals surface area (Å²) in [5.41, 5.74) is 0.607. The zero-order valence-electron chi connectivity index (χ0n) is 15.2. The lowest BCUT2D eigenvalue weighted by Gasteiger charge is -2.38. The van der Waals surface area contributed by atoms with Crippen LogP contribution in [0, 0.1) is 18.6 Å². The number of rotatable bonds is 4. The van der Waals surface area contributed by atoms with E-state index in [0.717, 1.165) is 38.8 Å². The van der Waals surface area contributed by atoms with Crippen LogP contribution in [0.4, 0.5) is 8.78 Å². The highest BCUT2D eigenvalue weighted by molar-refractivity contribution is 7.17. The van der Waals surface area contributed by atoms with Crippen molar-refractivity contribution in [3.05, 3.63) is 46.1 Å². The molecule has 0 aliphatic carbocycles. The molecular formula is C18H21F2N5OS. The third kappa shape index (κ3) is 3.30. The van der Waals surface area contributed by atoms with E-state index < -0.39 is 11.6 Å². The number of benzene rings is 1. The Balaban J connectivity index is 1.78. The number of piperazine rings is 1. The van der Waals surface area contributed by atoms with Gasteiger partial charge in [-0.15, -0.1) is 5.10 Å². The maximum absolute atomic E-state index is 13.9. The minimum atomic E-state index is -0.889. The van der Waals surface area contributed by atoms with Crippen LogP contribution in [0.15, 0.2) is 18.2 Å². The number of aryl methyl sites for hydroxylation is 1. The van der Waals surface area contributed by atoms with Gasteiger partial charge < -0.3 is 10.0 Å². The largest absolute Gasteiger partial charge is 0.492 e. The molecule has 144 valence electrons. The number of aromatic nitrogens is 3. The van der Waals surface area contributed by atoms with E-state index in [0.29, 0.717) is 21.2 Å². The third-order valence-electron chi connectivity index (χ3n) is 5.03. The second-order valence-corrected chi connectivity index (χ2v) is 7.70. The zero-order chi connectivity index (χ0) is 19.1. The Morgan fingerprint density at radius 3 is 2.56 bits per heavy atom. The fourth-order valence-electron chi connectivity index (χ4n) is 3.57. The van der Waals surface area contributed by atoms with E-state index in [1.165, 1.54) is 21.9 Å². The summed E-state index contributed by atoms with van der Waals surface area (Å²) in [5, 5.41) is 15.0. The Labute approximate surface area is 159 Å². The summed E-state index contributed by atoms with van der Waals surface area (Å²) in [4.78, 5) is 10.1. The van der Waals surface area contributed by atoms with Gasteiger partial charge in [0.2, 0.25) is 10.8 Å². The molecule has 0 amide bonds. The van der Waals surface area contributed by atoms with E-state index in [2.05, 4.69) is 26.8 Å². The van der Waals surface area contributed by atoms with E-state index >= 15 is 0 Å². The van der Waals surface area contributed by atoms with Crippen molar-refractivity contribution in [1.82, 2.24) is 24.4 Å². The molecule has 4 rings (SSSR count). The Morgan fingerprint density at radius 2 is 1.93 bits per heavy atom. The number of aromatic hydroxyl groups is 1. The van der Waals surface area contributed by atoms with E-state index in [1.54, 1.807) is 13.0 Å². The second kappa shape index (κ2) is 7.14. The summed E-state index contributed by atoms with van der Waals surface area (Å²) in [6, 6.07) is 3.55. The lowest BCUT2D eigenvalue weighted by molar-refractivity contribution is 0.113. The van der Waals surface area contributed by atoms with Gasteiger partial charge in [0.05, 0.1) is 10.9 Å². The van der Waals surface area contributed by atoms with Gasteiger partial charge in [0, 0.05) is 26.2 Å². The number of hydrogen-bond acceptors (Lipinski definition) is 6. The van der Waals surface area contributed by atoms with Gasteiger partial charge in [0.1, 0.15) is 5.82 Å². The maximum Gasteiger partial charge on any atom is 0.230 e. The van der Waals surface area contributed by atoms with Crippen LogP contribution in [0.25, 0.3) is 4.96 Å². The van der Waals surface area contributed by atoms with E-state index in [4.69, 9.17) is 0 Å². The average Bonchev–Trinajstić information content (AvgIpc) is 3.16. The van der Waals surface area contributed by atoms with Gasteiger partial charge in [0.15, 0.2) is 11.6 Å². The van der Waals surface area contributed by atoms with Crippen LogP contribution in [0.2, 0.25) is 0 Å². The van der Waals surface area contributed by atoms with Crippen molar-refractivity contribution in [1.29, 1.82) is 0 Å².